The second-order valence-electron chi connectivity index (χ2n) is 6.95. The highest BCUT2D eigenvalue weighted by molar-refractivity contribution is 9.10. The minimum absolute atomic E-state index is 0.250. The Kier molecular flexibility index (Phi) is 5.04. The van der Waals surface area contributed by atoms with Crippen molar-refractivity contribution < 1.29 is 14.7 Å². The molecule has 0 saturated heterocycles. The molecule has 0 aromatic heterocycles. The maximum absolute atomic E-state index is 12.8. The fourth-order valence-electron chi connectivity index (χ4n) is 3.40. The lowest BCUT2D eigenvalue weighted by molar-refractivity contribution is -0.135. The molecule has 0 saturated carbocycles. The number of rotatable bonds is 5. The van der Waals surface area contributed by atoms with Crippen LogP contribution < -0.4 is 4.90 Å². The van der Waals surface area contributed by atoms with Crippen molar-refractivity contribution in [1.82, 2.24) is 0 Å². The number of hydrogen-bond donors (Lipinski definition) is 1. The van der Waals surface area contributed by atoms with Gasteiger partial charge in [-0.15, -0.1) is 0 Å². The number of halogens is 1. The van der Waals surface area contributed by atoms with Gasteiger partial charge in [-0.05, 0) is 36.6 Å². The first-order valence-corrected chi connectivity index (χ1v) is 9.54. The van der Waals surface area contributed by atoms with E-state index in [0.29, 0.717) is 29.3 Å². The molecule has 0 aliphatic carbocycles. The molecule has 1 aliphatic heterocycles. The highest BCUT2D eigenvalue weighted by Gasteiger charge is 2.50. The van der Waals surface area contributed by atoms with E-state index in [9.17, 15) is 14.7 Å². The lowest BCUT2D eigenvalue weighted by Crippen LogP contribution is -2.41. The minimum Gasteiger partial charge on any atom is -0.375 e. The van der Waals surface area contributed by atoms with Crippen LogP contribution in [0.5, 0.6) is 0 Å². The quantitative estimate of drug-likeness (QED) is 0.736. The number of amides is 1. The Bertz CT molecular complexity index is 860. The highest BCUT2D eigenvalue weighted by atomic mass is 79.9. The Balaban J connectivity index is 1.94. The monoisotopic (exact) mass is 415 g/mol. The number of anilines is 1. The largest absolute Gasteiger partial charge is 0.375 e. The number of hydrogen-bond acceptors (Lipinski definition) is 3. The average molecular weight is 416 g/mol. The molecule has 136 valence electrons. The van der Waals surface area contributed by atoms with Gasteiger partial charge in [-0.1, -0.05) is 54.0 Å². The molecule has 1 heterocycles. The van der Waals surface area contributed by atoms with Crippen LogP contribution in [0.4, 0.5) is 5.69 Å². The van der Waals surface area contributed by atoms with Crippen molar-refractivity contribution in [3.05, 3.63) is 63.6 Å². The van der Waals surface area contributed by atoms with Gasteiger partial charge in [0.25, 0.3) is 5.91 Å². The van der Waals surface area contributed by atoms with Gasteiger partial charge in [-0.25, -0.2) is 0 Å². The van der Waals surface area contributed by atoms with E-state index >= 15 is 0 Å². The Hall–Kier alpha value is -1.98. The molecule has 0 radical (unpaired) electrons. The first-order chi connectivity index (χ1) is 12.3. The summed E-state index contributed by atoms with van der Waals surface area (Å²) in [6, 6.07) is 12.7. The summed E-state index contributed by atoms with van der Waals surface area (Å²) in [6.45, 7) is 6.46. The molecule has 26 heavy (non-hydrogen) atoms. The SMILES string of the molecule is CCN1C(=O)C(O)(CC(=O)c2ccc(C(C)C)cc2)c2cc(Br)ccc21. The maximum atomic E-state index is 12.8. The van der Waals surface area contributed by atoms with Gasteiger partial charge in [-0.2, -0.15) is 0 Å². The van der Waals surface area contributed by atoms with Gasteiger partial charge in [0.2, 0.25) is 0 Å². The van der Waals surface area contributed by atoms with Crippen LogP contribution in [-0.2, 0) is 10.4 Å². The Labute approximate surface area is 162 Å². The molecule has 4 nitrogen and oxygen atoms in total. The van der Waals surface area contributed by atoms with E-state index in [0.717, 1.165) is 10.0 Å². The van der Waals surface area contributed by atoms with Gasteiger partial charge in [0.1, 0.15) is 0 Å². The number of fused-ring (bicyclic) bond motifs is 1. The van der Waals surface area contributed by atoms with Gasteiger partial charge >= 0.3 is 0 Å². The van der Waals surface area contributed by atoms with Crippen LogP contribution >= 0.6 is 15.9 Å². The summed E-state index contributed by atoms with van der Waals surface area (Å²) in [5.41, 5.74) is 0.950. The third kappa shape index (κ3) is 3.10. The fourth-order valence-corrected chi connectivity index (χ4v) is 3.76. The van der Waals surface area contributed by atoms with E-state index in [2.05, 4.69) is 29.8 Å². The van der Waals surface area contributed by atoms with Crippen LogP contribution in [0.1, 0.15) is 54.6 Å². The van der Waals surface area contributed by atoms with Crippen molar-refractivity contribution >= 4 is 33.3 Å². The minimum atomic E-state index is -1.83. The van der Waals surface area contributed by atoms with Crippen molar-refractivity contribution in [1.29, 1.82) is 0 Å². The summed E-state index contributed by atoms with van der Waals surface area (Å²) >= 11 is 3.39. The average Bonchev–Trinajstić information content (AvgIpc) is 2.82. The summed E-state index contributed by atoms with van der Waals surface area (Å²) in [7, 11) is 0. The predicted octanol–water partition coefficient (Wildman–Crippen LogP) is 4.40. The molecule has 1 aliphatic rings. The maximum Gasteiger partial charge on any atom is 0.264 e. The highest BCUT2D eigenvalue weighted by Crippen LogP contribution is 2.44. The Morgan fingerprint density at radius 1 is 1.19 bits per heavy atom. The Morgan fingerprint density at radius 2 is 1.85 bits per heavy atom. The zero-order valence-electron chi connectivity index (χ0n) is 15.1. The van der Waals surface area contributed by atoms with E-state index in [1.54, 1.807) is 24.3 Å². The molecule has 0 fully saturated rings. The topological polar surface area (TPSA) is 57.6 Å². The van der Waals surface area contributed by atoms with E-state index in [1.807, 2.05) is 25.1 Å². The zero-order valence-corrected chi connectivity index (χ0v) is 16.7. The second kappa shape index (κ2) is 6.97. The van der Waals surface area contributed by atoms with Gasteiger partial charge < -0.3 is 10.0 Å². The van der Waals surface area contributed by atoms with Crippen molar-refractivity contribution in [3.63, 3.8) is 0 Å². The first-order valence-electron chi connectivity index (χ1n) is 8.75. The number of carbonyl (C=O) groups excluding carboxylic acids is 2. The van der Waals surface area contributed by atoms with Crippen LogP contribution in [0.15, 0.2) is 46.9 Å². The molecule has 2 aromatic carbocycles. The van der Waals surface area contributed by atoms with Crippen LogP contribution in [0.2, 0.25) is 0 Å². The molecule has 3 rings (SSSR count). The van der Waals surface area contributed by atoms with Gasteiger partial charge in [0.05, 0.1) is 12.1 Å². The van der Waals surface area contributed by atoms with Gasteiger partial charge in [0, 0.05) is 22.1 Å². The van der Waals surface area contributed by atoms with Crippen LogP contribution in [0, 0.1) is 0 Å². The zero-order chi connectivity index (χ0) is 19.1. The van der Waals surface area contributed by atoms with E-state index in [-0.39, 0.29) is 12.2 Å². The molecule has 1 atom stereocenters. The van der Waals surface area contributed by atoms with Crippen molar-refractivity contribution in [2.75, 3.05) is 11.4 Å². The molecule has 1 amide bonds. The summed E-state index contributed by atoms with van der Waals surface area (Å²) in [5, 5.41) is 11.2. The van der Waals surface area contributed by atoms with E-state index in [1.165, 1.54) is 4.90 Å². The summed E-state index contributed by atoms with van der Waals surface area (Å²) in [5.74, 6) is -0.317. The fraction of sp³-hybridized carbons (Fsp3) is 0.333. The third-order valence-corrected chi connectivity index (χ3v) is 5.42. The smallest absolute Gasteiger partial charge is 0.264 e. The lowest BCUT2D eigenvalue weighted by Gasteiger charge is -2.22. The summed E-state index contributed by atoms with van der Waals surface area (Å²) in [4.78, 5) is 27.1. The number of likely N-dealkylation sites (N-methyl/N-ethyl adjacent to an activating group) is 1. The van der Waals surface area contributed by atoms with Crippen molar-refractivity contribution in [2.24, 2.45) is 0 Å². The molecule has 1 unspecified atom stereocenters. The molecular formula is C21H22BrNO3. The summed E-state index contributed by atoms with van der Waals surface area (Å²) in [6.07, 6.45) is -0.271. The molecule has 2 aromatic rings. The predicted molar refractivity (Wildman–Crippen MR) is 106 cm³/mol. The lowest BCUT2D eigenvalue weighted by atomic mass is 9.87. The second-order valence-corrected chi connectivity index (χ2v) is 7.86. The summed E-state index contributed by atoms with van der Waals surface area (Å²) < 4.78 is 0.758. The standard InChI is InChI=1S/C21H22BrNO3/c1-4-23-18-10-9-16(22)11-17(18)21(26,20(23)25)12-19(24)15-7-5-14(6-8-15)13(2)3/h5-11,13,26H,4,12H2,1-3H3. The molecule has 0 bridgehead atoms. The van der Waals surface area contributed by atoms with Gasteiger partial charge in [-0.3, -0.25) is 9.59 Å². The number of carbonyl (C=O) groups is 2. The number of Topliss-reactive ketones (excluding diaryl/α,β-unsaturated/α-hetero) is 1. The third-order valence-electron chi connectivity index (χ3n) is 4.93. The van der Waals surface area contributed by atoms with E-state index in [4.69, 9.17) is 0 Å². The normalized spacial score (nSPS) is 19.2. The van der Waals surface area contributed by atoms with Crippen molar-refractivity contribution in [2.45, 2.75) is 38.7 Å². The van der Waals surface area contributed by atoms with Crippen LogP contribution in [-0.4, -0.2) is 23.3 Å². The Morgan fingerprint density at radius 3 is 2.42 bits per heavy atom. The molecular weight excluding hydrogens is 394 g/mol. The van der Waals surface area contributed by atoms with Gasteiger partial charge in [0.15, 0.2) is 11.4 Å². The van der Waals surface area contributed by atoms with Crippen molar-refractivity contribution in [3.8, 4) is 0 Å². The molecule has 0 spiro atoms. The first kappa shape index (κ1) is 18.8. The molecule has 5 heteroatoms. The van der Waals surface area contributed by atoms with Crippen LogP contribution in [0.25, 0.3) is 0 Å². The number of nitrogens with zero attached hydrogens (tertiary/aromatic N) is 1. The van der Waals surface area contributed by atoms with Crippen LogP contribution in [0.3, 0.4) is 0 Å². The number of benzene rings is 2. The number of ketones is 1. The molecule has 1 N–H and O–H groups in total. The number of aliphatic hydroxyl groups is 1. The van der Waals surface area contributed by atoms with E-state index < -0.39 is 11.5 Å².